The molecular formula is C12H15BrFNO. The van der Waals surface area contributed by atoms with Gasteiger partial charge >= 0.3 is 0 Å². The van der Waals surface area contributed by atoms with Crippen LogP contribution in [-0.2, 0) is 4.79 Å². The topological polar surface area (TPSA) is 29.1 Å². The summed E-state index contributed by atoms with van der Waals surface area (Å²) in [6.07, 6.45) is 0.355. The number of rotatable bonds is 2. The normalized spacial score (nSPS) is 11.3. The lowest BCUT2D eigenvalue weighted by Crippen LogP contribution is -2.20. The van der Waals surface area contributed by atoms with E-state index in [2.05, 4.69) is 21.2 Å². The van der Waals surface area contributed by atoms with Gasteiger partial charge in [0, 0.05) is 10.9 Å². The van der Waals surface area contributed by atoms with E-state index in [1.807, 2.05) is 20.8 Å². The van der Waals surface area contributed by atoms with E-state index in [0.29, 0.717) is 10.9 Å². The Kier molecular flexibility index (Phi) is 4.08. The van der Waals surface area contributed by atoms with Crippen molar-refractivity contribution < 1.29 is 9.18 Å². The molecule has 2 nitrogen and oxygen atoms in total. The van der Waals surface area contributed by atoms with Gasteiger partial charge in [-0.25, -0.2) is 4.39 Å². The van der Waals surface area contributed by atoms with Crippen LogP contribution in [0, 0.1) is 11.2 Å². The number of carbonyl (C=O) groups excluding carboxylic acids is 1. The molecule has 16 heavy (non-hydrogen) atoms. The number of halogens is 2. The molecule has 1 aromatic carbocycles. The molecule has 0 saturated heterocycles. The number of hydrogen-bond donors (Lipinski definition) is 1. The largest absolute Gasteiger partial charge is 0.323 e. The minimum absolute atomic E-state index is 0.109. The molecule has 0 aliphatic rings. The summed E-state index contributed by atoms with van der Waals surface area (Å²) in [5.41, 5.74) is 0.0960. The number of nitrogens with one attached hydrogen (secondary N) is 1. The summed E-state index contributed by atoms with van der Waals surface area (Å²) in [4.78, 5) is 11.6. The van der Waals surface area contributed by atoms with E-state index < -0.39 is 5.82 Å². The number of hydrogen-bond acceptors (Lipinski definition) is 1. The Bertz CT molecular complexity index is 378. The van der Waals surface area contributed by atoms with Crippen molar-refractivity contribution >= 4 is 27.5 Å². The molecule has 0 bridgehead atoms. The fourth-order valence-corrected chi connectivity index (χ4v) is 1.72. The molecule has 0 aliphatic carbocycles. The molecule has 1 rings (SSSR count). The highest BCUT2D eigenvalue weighted by atomic mass is 79.9. The van der Waals surface area contributed by atoms with Crippen LogP contribution in [0.4, 0.5) is 10.1 Å². The van der Waals surface area contributed by atoms with Gasteiger partial charge in [-0.1, -0.05) is 26.8 Å². The summed E-state index contributed by atoms with van der Waals surface area (Å²) in [6, 6.07) is 4.59. The first-order chi connectivity index (χ1) is 7.29. The third-order valence-corrected chi connectivity index (χ3v) is 2.58. The quantitative estimate of drug-likeness (QED) is 0.876. The standard InChI is InChI=1S/C12H15BrFNO/c1-12(2,3)7-10(16)15-11-8(13)5-4-6-9(11)14/h4-6H,7H2,1-3H3,(H,15,16). The highest BCUT2D eigenvalue weighted by Gasteiger charge is 2.17. The first kappa shape index (κ1) is 13.2. The zero-order valence-corrected chi connectivity index (χ0v) is 11.2. The minimum atomic E-state index is -0.434. The Morgan fingerprint density at radius 3 is 2.56 bits per heavy atom. The SMILES string of the molecule is CC(C)(C)CC(=O)Nc1c(F)cccc1Br. The van der Waals surface area contributed by atoms with Gasteiger partial charge in [-0.05, 0) is 33.5 Å². The van der Waals surface area contributed by atoms with Gasteiger partial charge in [-0.3, -0.25) is 4.79 Å². The summed E-state index contributed by atoms with van der Waals surface area (Å²) < 4.78 is 13.9. The maximum Gasteiger partial charge on any atom is 0.225 e. The molecule has 0 aromatic heterocycles. The number of benzene rings is 1. The van der Waals surface area contributed by atoms with Gasteiger partial charge in [0.05, 0.1) is 5.69 Å². The van der Waals surface area contributed by atoms with Gasteiger partial charge in [-0.15, -0.1) is 0 Å². The maximum absolute atomic E-state index is 13.4. The number of carbonyl (C=O) groups is 1. The molecule has 0 heterocycles. The summed E-state index contributed by atoms with van der Waals surface area (Å²) in [5.74, 6) is -0.616. The van der Waals surface area contributed by atoms with E-state index in [4.69, 9.17) is 0 Å². The van der Waals surface area contributed by atoms with Crippen molar-refractivity contribution in [3.05, 3.63) is 28.5 Å². The van der Waals surface area contributed by atoms with Crippen molar-refractivity contribution in [2.75, 3.05) is 5.32 Å². The first-order valence-corrected chi connectivity index (χ1v) is 5.83. The third kappa shape index (κ3) is 3.93. The van der Waals surface area contributed by atoms with E-state index >= 15 is 0 Å². The highest BCUT2D eigenvalue weighted by molar-refractivity contribution is 9.10. The Morgan fingerprint density at radius 2 is 2.06 bits per heavy atom. The molecule has 1 aromatic rings. The smallest absolute Gasteiger partial charge is 0.225 e. The van der Waals surface area contributed by atoms with E-state index in [9.17, 15) is 9.18 Å². The molecule has 0 atom stereocenters. The molecule has 0 unspecified atom stereocenters. The Balaban J connectivity index is 2.78. The molecular weight excluding hydrogens is 273 g/mol. The number of para-hydroxylation sites is 1. The Hall–Kier alpha value is -0.900. The van der Waals surface area contributed by atoms with Crippen molar-refractivity contribution in [2.45, 2.75) is 27.2 Å². The second kappa shape index (κ2) is 4.95. The van der Waals surface area contributed by atoms with Crippen LogP contribution in [0.15, 0.2) is 22.7 Å². The van der Waals surface area contributed by atoms with Crippen molar-refractivity contribution in [3.63, 3.8) is 0 Å². The van der Waals surface area contributed by atoms with Crippen molar-refractivity contribution in [2.24, 2.45) is 5.41 Å². The monoisotopic (exact) mass is 287 g/mol. The third-order valence-electron chi connectivity index (χ3n) is 1.92. The van der Waals surface area contributed by atoms with E-state index in [0.717, 1.165) is 0 Å². The van der Waals surface area contributed by atoms with Gasteiger partial charge in [0.25, 0.3) is 0 Å². The lowest BCUT2D eigenvalue weighted by atomic mass is 9.92. The van der Waals surface area contributed by atoms with Gasteiger partial charge in [0.2, 0.25) is 5.91 Å². The molecule has 1 N–H and O–H groups in total. The molecule has 88 valence electrons. The zero-order valence-electron chi connectivity index (χ0n) is 9.60. The predicted octanol–water partition coefficient (Wildman–Crippen LogP) is 3.96. The van der Waals surface area contributed by atoms with Gasteiger partial charge in [-0.2, -0.15) is 0 Å². The Labute approximate surface area is 103 Å². The average Bonchev–Trinajstić information content (AvgIpc) is 2.08. The lowest BCUT2D eigenvalue weighted by molar-refractivity contribution is -0.117. The molecule has 4 heteroatoms. The minimum Gasteiger partial charge on any atom is -0.323 e. The molecule has 0 radical (unpaired) electrons. The summed E-state index contributed by atoms with van der Waals surface area (Å²) in [5, 5.41) is 2.57. The number of anilines is 1. The van der Waals surface area contributed by atoms with Crippen LogP contribution < -0.4 is 5.32 Å². The van der Waals surface area contributed by atoms with Crippen molar-refractivity contribution in [1.82, 2.24) is 0 Å². The fourth-order valence-electron chi connectivity index (χ4n) is 1.28. The van der Waals surface area contributed by atoms with Crippen molar-refractivity contribution in [1.29, 1.82) is 0 Å². The van der Waals surface area contributed by atoms with Crippen LogP contribution in [0.3, 0.4) is 0 Å². The van der Waals surface area contributed by atoms with E-state index in [1.54, 1.807) is 12.1 Å². The zero-order chi connectivity index (χ0) is 12.3. The maximum atomic E-state index is 13.4. The Morgan fingerprint density at radius 1 is 1.44 bits per heavy atom. The van der Waals surface area contributed by atoms with Crippen LogP contribution in [0.2, 0.25) is 0 Å². The van der Waals surface area contributed by atoms with Crippen molar-refractivity contribution in [3.8, 4) is 0 Å². The van der Waals surface area contributed by atoms with E-state index in [1.165, 1.54) is 6.07 Å². The van der Waals surface area contributed by atoms with Gasteiger partial charge < -0.3 is 5.32 Å². The van der Waals surface area contributed by atoms with Crippen LogP contribution in [0.1, 0.15) is 27.2 Å². The molecule has 1 amide bonds. The summed E-state index contributed by atoms with van der Waals surface area (Å²) in [6.45, 7) is 5.88. The molecule has 0 fully saturated rings. The molecule has 0 spiro atoms. The summed E-state index contributed by atoms with van der Waals surface area (Å²) in [7, 11) is 0. The average molecular weight is 288 g/mol. The summed E-state index contributed by atoms with van der Waals surface area (Å²) >= 11 is 3.20. The molecule has 0 aliphatic heterocycles. The highest BCUT2D eigenvalue weighted by Crippen LogP contribution is 2.26. The fraction of sp³-hybridized carbons (Fsp3) is 0.417. The number of amides is 1. The van der Waals surface area contributed by atoms with Crippen LogP contribution in [0.5, 0.6) is 0 Å². The lowest BCUT2D eigenvalue weighted by Gasteiger charge is -2.17. The van der Waals surface area contributed by atoms with Crippen LogP contribution >= 0.6 is 15.9 Å². The second-order valence-corrected chi connectivity index (χ2v) is 5.74. The predicted molar refractivity (Wildman–Crippen MR) is 66.8 cm³/mol. The van der Waals surface area contributed by atoms with E-state index in [-0.39, 0.29) is 17.0 Å². The first-order valence-electron chi connectivity index (χ1n) is 5.03. The van der Waals surface area contributed by atoms with Crippen LogP contribution in [0.25, 0.3) is 0 Å². The van der Waals surface area contributed by atoms with Crippen LogP contribution in [-0.4, -0.2) is 5.91 Å². The molecule has 0 saturated carbocycles. The van der Waals surface area contributed by atoms with Gasteiger partial charge in [0.1, 0.15) is 5.82 Å². The second-order valence-electron chi connectivity index (χ2n) is 4.88. The van der Waals surface area contributed by atoms with Gasteiger partial charge in [0.15, 0.2) is 0 Å².